The second-order valence-electron chi connectivity index (χ2n) is 2.56. The molecule has 0 radical (unpaired) electrons. The van der Waals surface area contributed by atoms with E-state index in [1.807, 2.05) is 0 Å². The van der Waals surface area contributed by atoms with Gasteiger partial charge in [0.1, 0.15) is 0 Å². The van der Waals surface area contributed by atoms with Gasteiger partial charge in [-0.1, -0.05) is 12.1 Å². The molecule has 1 heterocycles. The van der Waals surface area contributed by atoms with Crippen molar-refractivity contribution >= 4 is 10.0 Å². The van der Waals surface area contributed by atoms with Gasteiger partial charge in [0, 0.05) is 0 Å². The lowest BCUT2D eigenvalue weighted by atomic mass is 10.3. The van der Waals surface area contributed by atoms with Crippen LogP contribution in [0.4, 0.5) is 0 Å². The van der Waals surface area contributed by atoms with Gasteiger partial charge >= 0.3 is 5.62 Å². The minimum absolute atomic E-state index is 0.390. The molecular formula is C7H7NO4S. The van der Waals surface area contributed by atoms with Crippen LogP contribution in [0.25, 0.3) is 0 Å². The average molecular weight is 201 g/mol. The van der Waals surface area contributed by atoms with Gasteiger partial charge in [-0.3, -0.25) is 0 Å². The number of hydrogen-bond acceptors (Lipinski definition) is 4. The first-order chi connectivity index (χ1) is 6.07. The molecule has 5 nitrogen and oxygen atoms in total. The summed E-state index contributed by atoms with van der Waals surface area (Å²) in [5.41, 5.74) is -1.41. The van der Waals surface area contributed by atoms with Crippen molar-refractivity contribution in [3.8, 4) is 11.5 Å². The second-order valence-corrected chi connectivity index (χ2v) is 4.12. The zero-order valence-corrected chi connectivity index (χ0v) is 7.32. The van der Waals surface area contributed by atoms with E-state index in [0.717, 1.165) is 0 Å². The zero-order chi connectivity index (χ0) is 9.47. The van der Waals surface area contributed by atoms with Crippen LogP contribution >= 0.6 is 0 Å². The van der Waals surface area contributed by atoms with Crippen molar-refractivity contribution in [2.24, 2.45) is 5.14 Å². The molecule has 0 spiro atoms. The Morgan fingerprint density at radius 1 is 1.15 bits per heavy atom. The highest BCUT2D eigenvalue weighted by Crippen LogP contribution is 2.34. The molecule has 0 fully saturated rings. The van der Waals surface area contributed by atoms with E-state index in [4.69, 9.17) is 14.6 Å². The summed E-state index contributed by atoms with van der Waals surface area (Å²) in [6.07, 6.45) is 0. The molecular weight excluding hydrogens is 194 g/mol. The van der Waals surface area contributed by atoms with Gasteiger partial charge in [0.25, 0.3) is 10.0 Å². The molecule has 70 valence electrons. The standard InChI is InChI=1S/C7H7NO4S/c8-13(9,10)7-11-5-3-1-2-4-6(5)12-7/h1-4,7H,(H2,8,9,10). The minimum Gasteiger partial charge on any atom is -0.437 e. The normalized spacial score (nSPS) is 16.1. The second kappa shape index (κ2) is 2.61. The predicted octanol–water partition coefficient (Wildman–Crippen LogP) is 0.0299. The molecule has 1 aliphatic heterocycles. The molecule has 0 saturated heterocycles. The van der Waals surface area contributed by atoms with Gasteiger partial charge in [0.2, 0.25) is 0 Å². The average Bonchev–Trinajstić information content (AvgIpc) is 2.45. The molecule has 0 aliphatic carbocycles. The molecule has 1 aromatic carbocycles. The van der Waals surface area contributed by atoms with Gasteiger partial charge in [-0.2, -0.15) is 0 Å². The van der Waals surface area contributed by atoms with Crippen molar-refractivity contribution in [2.75, 3.05) is 0 Å². The Morgan fingerprint density at radius 3 is 2.00 bits per heavy atom. The Hall–Kier alpha value is -1.27. The number of nitrogens with two attached hydrogens (primary N) is 1. The van der Waals surface area contributed by atoms with Crippen LogP contribution in [0.3, 0.4) is 0 Å². The number of fused-ring (bicyclic) bond motifs is 1. The zero-order valence-electron chi connectivity index (χ0n) is 6.51. The summed E-state index contributed by atoms with van der Waals surface area (Å²) in [6.45, 7) is 0. The summed E-state index contributed by atoms with van der Waals surface area (Å²) < 4.78 is 31.5. The number of benzene rings is 1. The predicted molar refractivity (Wildman–Crippen MR) is 44.6 cm³/mol. The van der Waals surface area contributed by atoms with E-state index in [-0.39, 0.29) is 0 Å². The van der Waals surface area contributed by atoms with Gasteiger partial charge in [0.05, 0.1) is 0 Å². The quantitative estimate of drug-likeness (QED) is 0.695. The molecule has 0 atom stereocenters. The van der Waals surface area contributed by atoms with Crippen LogP contribution in [0.15, 0.2) is 24.3 Å². The van der Waals surface area contributed by atoms with Crippen LogP contribution in [0.1, 0.15) is 0 Å². The van der Waals surface area contributed by atoms with Crippen LogP contribution in [0, 0.1) is 0 Å². The number of para-hydroxylation sites is 2. The van der Waals surface area contributed by atoms with Crippen molar-refractivity contribution in [3.63, 3.8) is 0 Å². The Morgan fingerprint density at radius 2 is 1.62 bits per heavy atom. The summed E-state index contributed by atoms with van der Waals surface area (Å²) in [7, 11) is -3.81. The Kier molecular flexibility index (Phi) is 1.67. The van der Waals surface area contributed by atoms with E-state index in [1.54, 1.807) is 24.3 Å². The van der Waals surface area contributed by atoms with Gasteiger partial charge in [0.15, 0.2) is 11.5 Å². The Labute approximate surface area is 75.1 Å². The maximum absolute atomic E-state index is 10.8. The first kappa shape index (κ1) is 8.33. The van der Waals surface area contributed by atoms with E-state index < -0.39 is 15.6 Å². The number of rotatable bonds is 1. The largest absolute Gasteiger partial charge is 0.437 e. The summed E-state index contributed by atoms with van der Waals surface area (Å²) in [5.74, 6) is 0.781. The van der Waals surface area contributed by atoms with E-state index in [1.165, 1.54) is 0 Å². The number of ether oxygens (including phenoxy) is 2. The number of sulfonamides is 1. The van der Waals surface area contributed by atoms with Crippen LogP contribution in [-0.4, -0.2) is 14.0 Å². The van der Waals surface area contributed by atoms with Gasteiger partial charge in [-0.05, 0) is 12.1 Å². The highest BCUT2D eigenvalue weighted by Gasteiger charge is 2.32. The van der Waals surface area contributed by atoms with Crippen LogP contribution in [-0.2, 0) is 10.0 Å². The SMILES string of the molecule is NS(=O)(=O)C1Oc2ccccc2O1. The first-order valence-electron chi connectivity index (χ1n) is 3.51. The smallest absolute Gasteiger partial charge is 0.360 e. The first-order valence-corrected chi connectivity index (χ1v) is 5.12. The molecule has 0 aromatic heterocycles. The highest BCUT2D eigenvalue weighted by atomic mass is 32.2. The number of hydrogen-bond donors (Lipinski definition) is 1. The lowest BCUT2D eigenvalue weighted by Crippen LogP contribution is -2.34. The van der Waals surface area contributed by atoms with Gasteiger partial charge in [-0.25, -0.2) is 13.6 Å². The van der Waals surface area contributed by atoms with Crippen LogP contribution in [0.5, 0.6) is 11.5 Å². The van der Waals surface area contributed by atoms with E-state index >= 15 is 0 Å². The van der Waals surface area contributed by atoms with Crippen molar-refractivity contribution in [2.45, 2.75) is 5.62 Å². The lowest BCUT2D eigenvalue weighted by molar-refractivity contribution is 0.124. The molecule has 0 saturated carbocycles. The summed E-state index contributed by atoms with van der Waals surface area (Å²) in [4.78, 5) is 0. The fourth-order valence-electron chi connectivity index (χ4n) is 1.01. The molecule has 0 amide bonds. The topological polar surface area (TPSA) is 78.6 Å². The molecule has 13 heavy (non-hydrogen) atoms. The van der Waals surface area contributed by atoms with E-state index in [9.17, 15) is 8.42 Å². The molecule has 1 aliphatic rings. The molecule has 1 aromatic rings. The maximum Gasteiger partial charge on any atom is 0.360 e. The van der Waals surface area contributed by atoms with Gasteiger partial charge < -0.3 is 9.47 Å². The summed E-state index contributed by atoms with van der Waals surface area (Å²) in [6, 6.07) is 6.66. The third-order valence-corrected chi connectivity index (χ3v) is 2.29. The third-order valence-electron chi connectivity index (χ3n) is 1.56. The monoisotopic (exact) mass is 201 g/mol. The molecule has 0 unspecified atom stereocenters. The minimum atomic E-state index is -3.81. The lowest BCUT2D eigenvalue weighted by Gasteiger charge is -2.05. The van der Waals surface area contributed by atoms with Crippen LogP contribution in [0.2, 0.25) is 0 Å². The Bertz CT molecular complexity index is 403. The molecule has 0 bridgehead atoms. The van der Waals surface area contributed by atoms with Crippen LogP contribution < -0.4 is 14.6 Å². The summed E-state index contributed by atoms with van der Waals surface area (Å²) in [5, 5.41) is 4.84. The Balaban J connectivity index is 2.33. The van der Waals surface area contributed by atoms with Crippen molar-refractivity contribution < 1.29 is 17.9 Å². The van der Waals surface area contributed by atoms with E-state index in [2.05, 4.69) is 0 Å². The number of primary sulfonamides is 1. The summed E-state index contributed by atoms with van der Waals surface area (Å²) >= 11 is 0. The van der Waals surface area contributed by atoms with Crippen molar-refractivity contribution in [3.05, 3.63) is 24.3 Å². The maximum atomic E-state index is 10.8. The molecule has 2 N–H and O–H groups in total. The molecule has 6 heteroatoms. The fourth-order valence-corrected chi connectivity index (χ4v) is 1.49. The van der Waals surface area contributed by atoms with Crippen molar-refractivity contribution in [1.29, 1.82) is 0 Å². The molecule has 2 rings (SSSR count). The van der Waals surface area contributed by atoms with E-state index in [0.29, 0.717) is 11.5 Å². The van der Waals surface area contributed by atoms with Crippen molar-refractivity contribution in [1.82, 2.24) is 0 Å². The fraction of sp³-hybridized carbons (Fsp3) is 0.143. The highest BCUT2D eigenvalue weighted by molar-refractivity contribution is 7.89. The van der Waals surface area contributed by atoms with Gasteiger partial charge in [-0.15, -0.1) is 0 Å². The third kappa shape index (κ3) is 1.45.